The molecule has 0 aliphatic carbocycles. The molecule has 0 radical (unpaired) electrons. The van der Waals surface area contributed by atoms with Crippen molar-refractivity contribution in [2.24, 2.45) is 0 Å². The van der Waals surface area contributed by atoms with Gasteiger partial charge in [-0.1, -0.05) is 0 Å². The smallest absolute Gasteiger partial charge is 0 e. The van der Waals surface area contributed by atoms with Crippen molar-refractivity contribution in [2.45, 2.75) is 0 Å². The second kappa shape index (κ2) is 645. The Morgan fingerprint density at radius 3 is 0.0118 bits per heavy atom. The molecule has 0 N–H and O–H groups in total. The van der Waals surface area contributed by atoms with Crippen LogP contribution in [0.2, 0.25) is 0 Å². The third-order valence-electron chi connectivity index (χ3n) is 0. The van der Waals surface area contributed by atoms with Crippen LogP contribution in [-0.2, 0) is 0 Å². The van der Waals surface area contributed by atoms with E-state index in [9.17, 15) is 0 Å². The maximum atomic E-state index is 0. The molecule has 0 heterocycles. The van der Waals surface area contributed by atoms with Gasteiger partial charge in [0.25, 0.3) is 0 Å². The second-order valence-corrected chi connectivity index (χ2v) is 0. The van der Waals surface area contributed by atoms with E-state index >= 15 is 0 Å². The molecular weight excluding hydrogens is 20200 g/mol. The van der Waals surface area contributed by atoms with Crippen molar-refractivity contribution in [3.8, 4) is 0 Å². The Morgan fingerprint density at radius 2 is 0.0118 bits per heavy atom. The molecule has 0 bridgehead atoms. The standard InChI is InChI=1S/85U. The van der Waals surface area contributed by atoms with Gasteiger partial charge in [0.2, 0.25) is 0 Å². The molecule has 0 saturated heterocycles. The van der Waals surface area contributed by atoms with E-state index in [-0.39, 0.29) is 2640 Å². The first kappa shape index (κ1) is 656. The molecule has 0 aromatic heterocycles. The van der Waals surface area contributed by atoms with Crippen molar-refractivity contribution >= 4 is 0 Å². The molecule has 0 atom stereocenters. The molecule has 0 nitrogen and oxygen atoms in total. The summed E-state index contributed by atoms with van der Waals surface area (Å²) in [6.45, 7) is 0. The van der Waals surface area contributed by atoms with Crippen LogP contribution in [0.1, 0.15) is 0 Å². The summed E-state index contributed by atoms with van der Waals surface area (Å²) in [5, 5.41) is 0. The molecule has 0 unspecified atom stereocenters. The summed E-state index contributed by atoms with van der Waals surface area (Å²) in [6, 6.07) is 0. The van der Waals surface area contributed by atoms with E-state index in [0.29, 0.717) is 0 Å². The number of hydrogen-bond acceptors (Lipinski definition) is 0. The maximum Gasteiger partial charge on any atom is 0 e. The van der Waals surface area contributed by atoms with Gasteiger partial charge in [-0.15, -0.1) is 0 Å². The van der Waals surface area contributed by atoms with Gasteiger partial charge in [0.1, 0.15) is 0 Å². The fourth-order valence-corrected chi connectivity index (χ4v) is 0. The van der Waals surface area contributed by atoms with Crippen LogP contribution in [-0.4, -0.2) is 0 Å². The first-order valence-corrected chi connectivity index (χ1v) is 0. The predicted octanol–water partition coefficient (Wildman–Crippen LogP) is 0. The predicted molar refractivity (Wildman–Crippen MR) is 0 cm³/mol. The topological polar surface area (TPSA) is 0 Å². The molecule has 0 aromatic carbocycles. The van der Waals surface area contributed by atoms with E-state index in [2.05, 4.69) is 0 Å². The van der Waals surface area contributed by atoms with Gasteiger partial charge in [-0.05, 0) is 0 Å². The molecular formula is U85. The van der Waals surface area contributed by atoms with Crippen LogP contribution in [0.5, 0.6) is 0 Å². The molecule has 0 aromatic rings. The Bertz CT molecular complexity index is 0. The molecule has 0 amide bonds. The first-order valence-electron chi connectivity index (χ1n) is 0. The summed E-state index contributed by atoms with van der Waals surface area (Å²) in [4.78, 5) is 0. The van der Waals surface area contributed by atoms with Gasteiger partial charge >= 0.3 is 0 Å². The van der Waals surface area contributed by atoms with Gasteiger partial charge in [-0.3, -0.25) is 0 Å². The van der Waals surface area contributed by atoms with Crippen LogP contribution in [0.3, 0.4) is 0 Å². The molecule has 0 spiro atoms. The van der Waals surface area contributed by atoms with Gasteiger partial charge in [0.15, 0.2) is 0 Å². The quantitative estimate of drug-likeness (QED) is 0.321. The molecule has 85 heteroatoms. The monoisotopic (exact) mass is 20200 g/mol. The molecule has 0 saturated carbocycles. The Balaban J connectivity index is 0. The van der Waals surface area contributed by atoms with Gasteiger partial charge in [0, 0.05) is 2640 Å². The normalized spacial score (nSPS) is 0. The second-order valence-electron chi connectivity index (χ2n) is 0. The van der Waals surface area contributed by atoms with Crippen molar-refractivity contribution in [3.05, 3.63) is 0 Å². The van der Waals surface area contributed by atoms with Crippen molar-refractivity contribution in [1.82, 2.24) is 0 Å². The number of rotatable bonds is 0. The molecule has 85 heavy (non-hydrogen) atoms. The minimum absolute atomic E-state index is 0. The van der Waals surface area contributed by atoms with Crippen LogP contribution >= 0.6 is 0 Å². The average molecular weight is 20200 g/mol. The molecule has 0 rings (SSSR count). The molecule has 0 aliphatic heterocycles. The van der Waals surface area contributed by atoms with E-state index in [1.54, 1.807) is 0 Å². The van der Waals surface area contributed by atoms with Crippen LogP contribution in [0.15, 0.2) is 0 Å². The zero-order valence-corrected chi connectivity index (χ0v) is 396. The van der Waals surface area contributed by atoms with Gasteiger partial charge < -0.3 is 0 Å². The summed E-state index contributed by atoms with van der Waals surface area (Å²) in [7, 11) is 0. The van der Waals surface area contributed by atoms with E-state index in [4.69, 9.17) is 0 Å². The van der Waals surface area contributed by atoms with Crippen LogP contribution < -0.4 is 0 Å². The van der Waals surface area contributed by atoms with Crippen LogP contribution in [0.25, 0.3) is 0 Å². The molecule has 340 valence electrons. The summed E-state index contributed by atoms with van der Waals surface area (Å²) in [6.07, 6.45) is 0. The molecule has 0 fully saturated rings. The van der Waals surface area contributed by atoms with Gasteiger partial charge in [-0.25, -0.2) is 0 Å². The fraction of sp³-hybridized carbons (Fsp3) is 0. The zero-order chi connectivity index (χ0) is 0. The maximum absolute atomic E-state index is 0. The third-order valence-corrected chi connectivity index (χ3v) is 0. The van der Waals surface area contributed by atoms with Crippen LogP contribution in [0.4, 0.5) is 0 Å². The Morgan fingerprint density at radius 1 is 0.0118 bits per heavy atom. The van der Waals surface area contributed by atoms with Crippen molar-refractivity contribution in [2.75, 3.05) is 0 Å². The summed E-state index contributed by atoms with van der Waals surface area (Å²) < 4.78 is 0. The molecule has 0 aliphatic rings. The largest absolute Gasteiger partial charge is 0 e. The van der Waals surface area contributed by atoms with Crippen molar-refractivity contribution in [3.63, 3.8) is 0 Å². The summed E-state index contributed by atoms with van der Waals surface area (Å²) >= 11 is 0. The Kier molecular flexibility index (Phi) is 4980. The number of hydrogen-bond donors (Lipinski definition) is 0. The SMILES string of the molecule is [U].[U].[U].[U].[U].[U].[U].[U].[U].[U].[U].[U].[U].[U].[U].[U].[U].[U].[U].[U].[U].[U].[U].[U].[U].[U].[U].[U].[U].[U].[U].[U].[U].[U].[U].[U].[U].[U].[U].[U].[U].[U].[U].[U].[U].[U].[U].[U].[U].[U].[U].[U].[U].[U].[U].[U].[U].[U].[U].[U].[U].[U].[U].[U].[U].[U].[U].[U].[U].[U].[U].[U].[U].[U].[U].[U].[U].[U].[U].[U].[U].[U].[U].[U].[U]. The summed E-state index contributed by atoms with van der Waals surface area (Å²) in [5.41, 5.74) is 0. The van der Waals surface area contributed by atoms with E-state index in [0.717, 1.165) is 0 Å². The van der Waals surface area contributed by atoms with Crippen LogP contribution in [0, 0.1) is 2640 Å². The Labute approximate surface area is 2540 Å². The van der Waals surface area contributed by atoms with E-state index in [1.165, 1.54) is 0 Å². The van der Waals surface area contributed by atoms with Crippen molar-refractivity contribution in [1.29, 1.82) is 0 Å². The third kappa shape index (κ3) is 637. The minimum atomic E-state index is 0. The Hall–Kier alpha value is 89.4. The van der Waals surface area contributed by atoms with Gasteiger partial charge in [-0.2, -0.15) is 0 Å². The summed E-state index contributed by atoms with van der Waals surface area (Å²) in [5.74, 6) is 0. The first-order chi connectivity index (χ1) is 0. The van der Waals surface area contributed by atoms with Crippen molar-refractivity contribution < 1.29 is 2640 Å². The van der Waals surface area contributed by atoms with Gasteiger partial charge in [0.05, 0.1) is 0 Å². The fourth-order valence-electron chi connectivity index (χ4n) is 0. The van der Waals surface area contributed by atoms with E-state index in [1.807, 2.05) is 0 Å². The van der Waals surface area contributed by atoms with E-state index < -0.39 is 0 Å². The minimum Gasteiger partial charge on any atom is 0 e. The average Bonchev–Trinajstić information content (AvgIpc) is 0. The zero-order valence-electron chi connectivity index (χ0n) is 42.5.